The van der Waals surface area contributed by atoms with Crippen molar-refractivity contribution in [2.45, 2.75) is 39.5 Å². The molecule has 0 saturated carbocycles. The van der Waals surface area contributed by atoms with E-state index in [9.17, 15) is 0 Å². The van der Waals surface area contributed by atoms with E-state index in [4.69, 9.17) is 10.9 Å². The molecule has 1 aromatic rings. The van der Waals surface area contributed by atoms with E-state index in [2.05, 4.69) is 27.6 Å². The first-order valence-electron chi connectivity index (χ1n) is 6.91. The number of hydrogen-bond donors (Lipinski definition) is 4. The van der Waals surface area contributed by atoms with Crippen LogP contribution < -0.4 is 16.6 Å². The van der Waals surface area contributed by atoms with Crippen LogP contribution in [0, 0.1) is 5.92 Å². The monoisotopic (exact) mass is 267 g/mol. The second-order valence-corrected chi connectivity index (χ2v) is 4.60. The number of aromatic nitrogens is 2. The first-order chi connectivity index (χ1) is 9.26. The molecule has 0 spiro atoms. The molecule has 1 heterocycles. The van der Waals surface area contributed by atoms with Crippen LogP contribution >= 0.6 is 0 Å². The molecule has 0 radical (unpaired) electrons. The van der Waals surface area contributed by atoms with Crippen LogP contribution in [0.1, 0.15) is 38.7 Å². The molecular formula is C13H25N5O. The molecule has 19 heavy (non-hydrogen) atoms. The number of nitrogen functional groups attached to an aromatic ring is 1. The number of anilines is 2. The summed E-state index contributed by atoms with van der Waals surface area (Å²) in [6.07, 6.45) is 5.34. The molecule has 1 atom stereocenters. The number of hydrazine groups is 1. The number of hydrogen-bond acceptors (Lipinski definition) is 6. The second-order valence-electron chi connectivity index (χ2n) is 4.60. The van der Waals surface area contributed by atoms with E-state index in [1.165, 1.54) is 6.33 Å². The molecule has 0 aromatic carbocycles. The standard InChI is InChI=1S/C13H25N5O/c1-3-5-10(6-7-19)8-15-12-11(4-2)13(18-14)17-9-16-12/h9-10,19H,3-8,14H2,1-2H3,(H2,15,16,17,18). The van der Waals surface area contributed by atoms with Gasteiger partial charge in [0, 0.05) is 18.7 Å². The Kier molecular flexibility index (Phi) is 7.14. The Morgan fingerprint density at radius 1 is 1.26 bits per heavy atom. The molecular weight excluding hydrogens is 242 g/mol. The lowest BCUT2D eigenvalue weighted by molar-refractivity contribution is 0.255. The van der Waals surface area contributed by atoms with Gasteiger partial charge >= 0.3 is 0 Å². The third-order valence-electron chi connectivity index (χ3n) is 3.23. The van der Waals surface area contributed by atoms with Crippen LogP contribution in [0.3, 0.4) is 0 Å². The predicted octanol–water partition coefficient (Wildman–Crippen LogP) is 1.54. The van der Waals surface area contributed by atoms with Crippen molar-refractivity contribution in [3.63, 3.8) is 0 Å². The lowest BCUT2D eigenvalue weighted by atomic mass is 10.0. The molecule has 0 bridgehead atoms. The van der Waals surface area contributed by atoms with Gasteiger partial charge in [-0.3, -0.25) is 0 Å². The Labute approximate surface area is 114 Å². The van der Waals surface area contributed by atoms with Gasteiger partial charge in [0.1, 0.15) is 18.0 Å². The van der Waals surface area contributed by atoms with Gasteiger partial charge in [-0.25, -0.2) is 15.8 Å². The molecule has 108 valence electrons. The van der Waals surface area contributed by atoms with E-state index in [0.717, 1.165) is 43.6 Å². The molecule has 1 aromatic heterocycles. The minimum atomic E-state index is 0.229. The summed E-state index contributed by atoms with van der Waals surface area (Å²) in [7, 11) is 0. The van der Waals surface area contributed by atoms with Gasteiger partial charge in [0.05, 0.1) is 0 Å². The largest absolute Gasteiger partial charge is 0.396 e. The van der Waals surface area contributed by atoms with Crippen LogP contribution in [0.2, 0.25) is 0 Å². The van der Waals surface area contributed by atoms with E-state index >= 15 is 0 Å². The molecule has 0 saturated heterocycles. The average Bonchev–Trinajstić information content (AvgIpc) is 2.44. The maximum Gasteiger partial charge on any atom is 0.148 e. The van der Waals surface area contributed by atoms with Crippen molar-refractivity contribution >= 4 is 11.6 Å². The summed E-state index contributed by atoms with van der Waals surface area (Å²) in [4.78, 5) is 8.37. The molecule has 0 aliphatic rings. The number of nitrogens with zero attached hydrogens (tertiary/aromatic N) is 2. The fraction of sp³-hybridized carbons (Fsp3) is 0.692. The Morgan fingerprint density at radius 3 is 2.58 bits per heavy atom. The van der Waals surface area contributed by atoms with E-state index in [1.807, 2.05) is 6.92 Å². The quantitative estimate of drug-likeness (QED) is 0.400. The van der Waals surface area contributed by atoms with Gasteiger partial charge in [0.25, 0.3) is 0 Å². The Balaban J connectivity index is 2.70. The van der Waals surface area contributed by atoms with Crippen LogP contribution in [0.15, 0.2) is 6.33 Å². The third-order valence-corrected chi connectivity index (χ3v) is 3.23. The molecule has 0 fully saturated rings. The van der Waals surface area contributed by atoms with Crippen LogP contribution in [0.4, 0.5) is 11.6 Å². The highest BCUT2D eigenvalue weighted by atomic mass is 16.3. The van der Waals surface area contributed by atoms with E-state index < -0.39 is 0 Å². The van der Waals surface area contributed by atoms with Gasteiger partial charge < -0.3 is 15.8 Å². The normalized spacial score (nSPS) is 12.2. The van der Waals surface area contributed by atoms with E-state index in [0.29, 0.717) is 11.7 Å². The summed E-state index contributed by atoms with van der Waals surface area (Å²) in [5.74, 6) is 7.39. The van der Waals surface area contributed by atoms with Gasteiger partial charge in [0.2, 0.25) is 0 Å². The molecule has 0 aliphatic heterocycles. The SMILES string of the molecule is CCCC(CCO)CNc1ncnc(NN)c1CC. The van der Waals surface area contributed by atoms with Gasteiger partial charge in [0.15, 0.2) is 0 Å². The van der Waals surface area contributed by atoms with Crippen LogP contribution in [0.5, 0.6) is 0 Å². The van der Waals surface area contributed by atoms with Crippen molar-refractivity contribution in [2.24, 2.45) is 11.8 Å². The number of rotatable bonds is 9. The fourth-order valence-corrected chi connectivity index (χ4v) is 2.20. The smallest absolute Gasteiger partial charge is 0.148 e. The summed E-state index contributed by atoms with van der Waals surface area (Å²) in [5.41, 5.74) is 3.58. The highest BCUT2D eigenvalue weighted by molar-refractivity contribution is 5.56. The summed E-state index contributed by atoms with van der Waals surface area (Å²) < 4.78 is 0. The zero-order chi connectivity index (χ0) is 14.1. The van der Waals surface area contributed by atoms with Crippen molar-refractivity contribution in [3.8, 4) is 0 Å². The zero-order valence-electron chi connectivity index (χ0n) is 11.8. The number of aliphatic hydroxyl groups excluding tert-OH is 1. The second kappa shape index (κ2) is 8.66. The van der Waals surface area contributed by atoms with Gasteiger partial charge in [-0.1, -0.05) is 20.3 Å². The fourth-order valence-electron chi connectivity index (χ4n) is 2.20. The Morgan fingerprint density at radius 2 is 2.00 bits per heavy atom. The van der Waals surface area contributed by atoms with Crippen LogP contribution in [0.25, 0.3) is 0 Å². The molecule has 0 aliphatic carbocycles. The maximum atomic E-state index is 9.06. The predicted molar refractivity (Wildman–Crippen MR) is 77.8 cm³/mol. The Hall–Kier alpha value is -1.40. The van der Waals surface area contributed by atoms with Crippen molar-refractivity contribution in [2.75, 3.05) is 23.9 Å². The molecule has 0 amide bonds. The summed E-state index contributed by atoms with van der Waals surface area (Å²) >= 11 is 0. The minimum Gasteiger partial charge on any atom is -0.396 e. The molecule has 6 nitrogen and oxygen atoms in total. The number of nitrogens with one attached hydrogen (secondary N) is 2. The average molecular weight is 267 g/mol. The zero-order valence-corrected chi connectivity index (χ0v) is 11.8. The Bertz CT molecular complexity index is 366. The van der Waals surface area contributed by atoms with Crippen LogP contribution in [-0.4, -0.2) is 28.2 Å². The molecule has 6 heteroatoms. The van der Waals surface area contributed by atoms with Gasteiger partial charge in [-0.2, -0.15) is 0 Å². The first-order valence-corrected chi connectivity index (χ1v) is 6.91. The van der Waals surface area contributed by atoms with Crippen molar-refractivity contribution < 1.29 is 5.11 Å². The summed E-state index contributed by atoms with van der Waals surface area (Å²) in [6, 6.07) is 0. The van der Waals surface area contributed by atoms with Crippen molar-refractivity contribution in [1.82, 2.24) is 9.97 Å². The highest BCUT2D eigenvalue weighted by Gasteiger charge is 2.11. The lowest BCUT2D eigenvalue weighted by Gasteiger charge is -2.18. The summed E-state index contributed by atoms with van der Waals surface area (Å²) in [6.45, 7) is 5.24. The van der Waals surface area contributed by atoms with Gasteiger partial charge in [-0.05, 0) is 25.2 Å². The van der Waals surface area contributed by atoms with E-state index in [1.54, 1.807) is 0 Å². The maximum absolute atomic E-state index is 9.06. The van der Waals surface area contributed by atoms with E-state index in [-0.39, 0.29) is 6.61 Å². The first kappa shape index (κ1) is 15.7. The lowest BCUT2D eigenvalue weighted by Crippen LogP contribution is -2.19. The highest BCUT2D eigenvalue weighted by Crippen LogP contribution is 2.20. The van der Waals surface area contributed by atoms with Crippen LogP contribution in [-0.2, 0) is 6.42 Å². The van der Waals surface area contributed by atoms with Crippen molar-refractivity contribution in [3.05, 3.63) is 11.9 Å². The molecule has 5 N–H and O–H groups in total. The number of nitrogens with two attached hydrogens (primary N) is 1. The molecule has 1 unspecified atom stereocenters. The minimum absolute atomic E-state index is 0.229. The topological polar surface area (TPSA) is 96.1 Å². The summed E-state index contributed by atoms with van der Waals surface area (Å²) in [5, 5.41) is 12.4. The number of aliphatic hydroxyl groups is 1. The van der Waals surface area contributed by atoms with Gasteiger partial charge in [-0.15, -0.1) is 0 Å². The molecule has 1 rings (SSSR count). The van der Waals surface area contributed by atoms with Crippen molar-refractivity contribution in [1.29, 1.82) is 0 Å². The third kappa shape index (κ3) is 4.65.